The molecular weight excluding hydrogens is 382 g/mol. The normalized spacial score (nSPS) is 11.0. The van der Waals surface area contributed by atoms with Gasteiger partial charge in [0.2, 0.25) is 21.8 Å². The van der Waals surface area contributed by atoms with Crippen LogP contribution >= 0.6 is 0 Å². The van der Waals surface area contributed by atoms with E-state index in [0.717, 1.165) is 0 Å². The van der Waals surface area contributed by atoms with Crippen LogP contribution in [0, 0.1) is 0 Å². The Kier molecular flexibility index (Phi) is 7.13. The number of anilines is 1. The summed E-state index contributed by atoms with van der Waals surface area (Å²) in [7, 11) is -2.24. The largest absolute Gasteiger partial charge is 0.497 e. The van der Waals surface area contributed by atoms with Gasteiger partial charge in [0.15, 0.2) is 0 Å². The molecule has 2 amide bonds. The van der Waals surface area contributed by atoms with Gasteiger partial charge < -0.3 is 15.0 Å². The number of carbonyl (C=O) groups excluding carboxylic acids is 2. The summed E-state index contributed by atoms with van der Waals surface area (Å²) in [5, 5.41) is 7.79. The summed E-state index contributed by atoms with van der Waals surface area (Å²) in [5.41, 5.74) is 1.20. The van der Waals surface area contributed by atoms with Gasteiger partial charge in [-0.1, -0.05) is 18.2 Å². The highest BCUT2D eigenvalue weighted by atomic mass is 32.2. The third-order valence-corrected chi connectivity index (χ3v) is 4.96. The van der Waals surface area contributed by atoms with Gasteiger partial charge in [-0.2, -0.15) is 0 Å². The molecule has 2 aromatic carbocycles. The zero-order chi connectivity index (χ0) is 20.7. The topological polar surface area (TPSA) is 119 Å². The number of primary sulfonamides is 1. The predicted octanol–water partition coefficient (Wildman–Crippen LogP) is 1.37. The zero-order valence-electron chi connectivity index (χ0n) is 15.7. The summed E-state index contributed by atoms with van der Waals surface area (Å²) in [6.07, 6.45) is 0.0468. The molecule has 2 rings (SSSR count). The van der Waals surface area contributed by atoms with E-state index in [-0.39, 0.29) is 29.7 Å². The van der Waals surface area contributed by atoms with Gasteiger partial charge in [-0.15, -0.1) is 0 Å². The number of ether oxygens (including phenoxy) is 1. The molecule has 0 aliphatic heterocycles. The van der Waals surface area contributed by atoms with Gasteiger partial charge in [-0.3, -0.25) is 9.59 Å². The van der Waals surface area contributed by atoms with Gasteiger partial charge in [-0.25, -0.2) is 13.6 Å². The molecular formula is C19H23N3O5S. The van der Waals surface area contributed by atoms with Crippen LogP contribution < -0.4 is 15.2 Å². The molecule has 0 saturated carbocycles. The van der Waals surface area contributed by atoms with E-state index in [4.69, 9.17) is 9.88 Å². The Bertz CT molecular complexity index is 942. The monoisotopic (exact) mass is 405 g/mol. The molecule has 150 valence electrons. The number of nitrogens with zero attached hydrogens (tertiary/aromatic N) is 1. The maximum atomic E-state index is 12.5. The van der Waals surface area contributed by atoms with Crippen molar-refractivity contribution >= 4 is 27.5 Å². The van der Waals surface area contributed by atoms with Crippen LogP contribution in [-0.4, -0.2) is 45.3 Å². The molecule has 2 aromatic rings. The number of rotatable bonds is 8. The number of sulfonamides is 1. The third-order valence-electron chi connectivity index (χ3n) is 4.03. The maximum Gasteiger partial charge on any atom is 0.243 e. The van der Waals surface area contributed by atoms with Crippen LogP contribution in [-0.2, 0) is 26.0 Å². The number of amides is 2. The molecule has 0 unspecified atom stereocenters. The molecule has 0 atom stereocenters. The highest BCUT2D eigenvalue weighted by Crippen LogP contribution is 2.16. The second kappa shape index (κ2) is 9.34. The van der Waals surface area contributed by atoms with Gasteiger partial charge in [-0.05, 0) is 36.8 Å². The molecule has 0 bridgehead atoms. The molecule has 0 radical (unpaired) electrons. The highest BCUT2D eigenvalue weighted by molar-refractivity contribution is 7.89. The van der Waals surface area contributed by atoms with Crippen molar-refractivity contribution in [3.63, 3.8) is 0 Å². The minimum Gasteiger partial charge on any atom is -0.497 e. The lowest BCUT2D eigenvalue weighted by atomic mass is 10.1. The fourth-order valence-corrected chi connectivity index (χ4v) is 3.05. The smallest absolute Gasteiger partial charge is 0.243 e. The first-order valence-corrected chi connectivity index (χ1v) is 10.1. The number of hydrogen-bond donors (Lipinski definition) is 2. The first-order valence-electron chi connectivity index (χ1n) is 8.56. The molecule has 0 heterocycles. The predicted molar refractivity (Wildman–Crippen MR) is 105 cm³/mol. The molecule has 0 aliphatic carbocycles. The van der Waals surface area contributed by atoms with E-state index in [1.165, 1.54) is 36.3 Å². The average molecular weight is 405 g/mol. The zero-order valence-corrected chi connectivity index (χ0v) is 16.5. The van der Waals surface area contributed by atoms with E-state index in [1.807, 2.05) is 0 Å². The summed E-state index contributed by atoms with van der Waals surface area (Å²) in [6.45, 7) is 2.04. The molecule has 9 heteroatoms. The molecule has 0 spiro atoms. The van der Waals surface area contributed by atoms with E-state index in [0.29, 0.717) is 23.5 Å². The Labute approximate surface area is 164 Å². The Morgan fingerprint density at radius 2 is 1.82 bits per heavy atom. The maximum absolute atomic E-state index is 12.5. The number of likely N-dealkylation sites (N-methyl/N-ethyl adjacent to an activating group) is 1. The van der Waals surface area contributed by atoms with Crippen LogP contribution in [0.1, 0.15) is 12.5 Å². The summed E-state index contributed by atoms with van der Waals surface area (Å²) in [4.78, 5) is 26.2. The lowest BCUT2D eigenvalue weighted by Crippen LogP contribution is -2.38. The first-order chi connectivity index (χ1) is 13.2. The van der Waals surface area contributed by atoms with Crippen molar-refractivity contribution in [2.45, 2.75) is 18.2 Å². The number of methoxy groups -OCH3 is 1. The highest BCUT2D eigenvalue weighted by Gasteiger charge is 2.17. The molecule has 0 aliphatic rings. The van der Waals surface area contributed by atoms with Gasteiger partial charge in [0.05, 0.1) is 25.0 Å². The quantitative estimate of drug-likeness (QED) is 0.688. The number of benzene rings is 2. The van der Waals surface area contributed by atoms with Crippen LogP contribution in [0.5, 0.6) is 5.75 Å². The molecule has 0 fully saturated rings. The van der Waals surface area contributed by atoms with Gasteiger partial charge in [0.1, 0.15) is 5.75 Å². The van der Waals surface area contributed by atoms with Crippen LogP contribution in [0.4, 0.5) is 5.69 Å². The Balaban J connectivity index is 1.97. The lowest BCUT2D eigenvalue weighted by molar-refractivity contribution is -0.133. The Morgan fingerprint density at radius 3 is 2.39 bits per heavy atom. The lowest BCUT2D eigenvalue weighted by Gasteiger charge is -2.20. The minimum absolute atomic E-state index is 0.0197. The fourth-order valence-electron chi connectivity index (χ4n) is 2.53. The van der Waals surface area contributed by atoms with Crippen LogP contribution in [0.2, 0.25) is 0 Å². The number of nitrogens with two attached hydrogens (primary N) is 1. The van der Waals surface area contributed by atoms with Crippen molar-refractivity contribution in [2.24, 2.45) is 5.14 Å². The van der Waals surface area contributed by atoms with Crippen molar-refractivity contribution in [2.75, 3.05) is 25.5 Å². The van der Waals surface area contributed by atoms with Gasteiger partial charge >= 0.3 is 0 Å². The SMILES string of the molecule is CCN(CC(=O)Nc1cccc(OC)c1)C(=O)Cc1ccc(S(N)(=O)=O)cc1. The molecule has 3 N–H and O–H groups in total. The van der Waals surface area contributed by atoms with Crippen molar-refractivity contribution in [3.05, 3.63) is 54.1 Å². The average Bonchev–Trinajstić information content (AvgIpc) is 2.65. The van der Waals surface area contributed by atoms with Crippen molar-refractivity contribution in [3.8, 4) is 5.75 Å². The number of nitrogens with one attached hydrogen (secondary N) is 1. The second-order valence-electron chi connectivity index (χ2n) is 6.05. The van der Waals surface area contributed by atoms with E-state index in [9.17, 15) is 18.0 Å². The van der Waals surface area contributed by atoms with Crippen LogP contribution in [0.3, 0.4) is 0 Å². The third kappa shape index (κ3) is 6.07. The Hall–Kier alpha value is -2.91. The van der Waals surface area contributed by atoms with Crippen molar-refractivity contribution in [1.82, 2.24) is 4.90 Å². The fraction of sp³-hybridized carbons (Fsp3) is 0.263. The van der Waals surface area contributed by atoms with Crippen LogP contribution in [0.25, 0.3) is 0 Å². The number of hydrogen-bond acceptors (Lipinski definition) is 5. The van der Waals surface area contributed by atoms with Crippen LogP contribution in [0.15, 0.2) is 53.4 Å². The summed E-state index contributed by atoms with van der Waals surface area (Å²) >= 11 is 0. The molecule has 0 aromatic heterocycles. The molecule has 8 nitrogen and oxygen atoms in total. The minimum atomic E-state index is -3.78. The van der Waals surface area contributed by atoms with Crippen molar-refractivity contribution < 1.29 is 22.7 Å². The van der Waals surface area contributed by atoms with E-state index < -0.39 is 10.0 Å². The van der Waals surface area contributed by atoms with Crippen molar-refractivity contribution in [1.29, 1.82) is 0 Å². The number of carbonyl (C=O) groups is 2. The van der Waals surface area contributed by atoms with E-state index >= 15 is 0 Å². The van der Waals surface area contributed by atoms with Gasteiger partial charge in [0, 0.05) is 18.3 Å². The van der Waals surface area contributed by atoms with E-state index in [1.54, 1.807) is 31.2 Å². The first kappa shape index (κ1) is 21.4. The molecule has 0 saturated heterocycles. The summed E-state index contributed by atoms with van der Waals surface area (Å²) in [5.74, 6) is 0.0452. The van der Waals surface area contributed by atoms with E-state index in [2.05, 4.69) is 5.32 Å². The molecule has 28 heavy (non-hydrogen) atoms. The second-order valence-corrected chi connectivity index (χ2v) is 7.62. The summed E-state index contributed by atoms with van der Waals surface area (Å²) < 4.78 is 27.7. The standard InChI is InChI=1S/C19H23N3O5S/c1-3-22(13-18(23)21-15-5-4-6-16(12-15)27-2)19(24)11-14-7-9-17(10-8-14)28(20,25)26/h4-10,12H,3,11,13H2,1-2H3,(H,21,23)(H2,20,25,26). The summed E-state index contributed by atoms with van der Waals surface area (Å²) in [6, 6.07) is 12.7. The Morgan fingerprint density at radius 1 is 1.14 bits per heavy atom. The van der Waals surface area contributed by atoms with Gasteiger partial charge in [0.25, 0.3) is 0 Å².